The predicted molar refractivity (Wildman–Crippen MR) is 135 cm³/mol. The highest BCUT2D eigenvalue weighted by Crippen LogP contribution is 2.34. The molecule has 0 aromatic heterocycles. The number of nitrogens with one attached hydrogen (secondary N) is 4. The standard InChI is InChI=1S/C27H37N5O2/c1-3-5-16-27(23-10-8-7-9-11-23)18-24(33)32(25(28)31-27)20-22-14-12-21(13-15-22)19-30-26(34)29-17-6-4-2/h7-15H,3-6,16-20H2,1-2H3,(H2,28,31)(H2,29,30,34). The van der Waals surface area contributed by atoms with Crippen molar-refractivity contribution in [2.45, 2.75) is 71.0 Å². The number of carbonyl (C=O) groups is 2. The molecule has 1 heterocycles. The molecule has 0 bridgehead atoms. The molecule has 3 rings (SSSR count). The predicted octanol–water partition coefficient (Wildman–Crippen LogP) is 4.63. The van der Waals surface area contributed by atoms with Crippen LogP contribution in [0.25, 0.3) is 0 Å². The van der Waals surface area contributed by atoms with Crippen LogP contribution < -0.4 is 16.0 Å². The molecule has 1 aliphatic heterocycles. The molecule has 0 aliphatic carbocycles. The summed E-state index contributed by atoms with van der Waals surface area (Å²) in [6.07, 6.45) is 5.15. The zero-order chi connectivity index (χ0) is 24.4. The SMILES string of the molecule is CCCCNC(=O)NCc1ccc(CN2C(=N)NC(CCCC)(c3ccccc3)CC2=O)cc1. The highest BCUT2D eigenvalue weighted by Gasteiger charge is 2.42. The van der Waals surface area contributed by atoms with Gasteiger partial charge in [0.15, 0.2) is 5.96 Å². The largest absolute Gasteiger partial charge is 0.346 e. The quantitative estimate of drug-likeness (QED) is 0.366. The van der Waals surface area contributed by atoms with Crippen molar-refractivity contribution in [3.8, 4) is 0 Å². The maximum Gasteiger partial charge on any atom is 0.315 e. The topological polar surface area (TPSA) is 97.3 Å². The Kier molecular flexibility index (Phi) is 9.08. The molecule has 7 nitrogen and oxygen atoms in total. The first-order chi connectivity index (χ1) is 16.5. The van der Waals surface area contributed by atoms with E-state index in [1.165, 1.54) is 4.90 Å². The van der Waals surface area contributed by atoms with Crippen molar-refractivity contribution in [1.29, 1.82) is 5.41 Å². The molecule has 3 amide bonds. The van der Waals surface area contributed by atoms with Gasteiger partial charge in [0, 0.05) is 13.1 Å². The first-order valence-corrected chi connectivity index (χ1v) is 12.3. The minimum atomic E-state index is -0.533. The van der Waals surface area contributed by atoms with Crippen LogP contribution in [-0.2, 0) is 23.4 Å². The maximum atomic E-state index is 13.2. The number of amides is 3. The van der Waals surface area contributed by atoms with Crippen LogP contribution in [0.4, 0.5) is 4.79 Å². The van der Waals surface area contributed by atoms with Gasteiger partial charge in [0.1, 0.15) is 0 Å². The summed E-state index contributed by atoms with van der Waals surface area (Å²) in [6, 6.07) is 17.6. The summed E-state index contributed by atoms with van der Waals surface area (Å²) >= 11 is 0. The van der Waals surface area contributed by atoms with Crippen molar-refractivity contribution in [1.82, 2.24) is 20.9 Å². The lowest BCUT2D eigenvalue weighted by Crippen LogP contribution is -2.60. The first-order valence-electron chi connectivity index (χ1n) is 12.3. The van der Waals surface area contributed by atoms with Gasteiger partial charge in [-0.05, 0) is 29.5 Å². The Morgan fingerprint density at radius 2 is 1.68 bits per heavy atom. The van der Waals surface area contributed by atoms with E-state index >= 15 is 0 Å². The molecule has 7 heteroatoms. The molecule has 1 aliphatic rings. The molecule has 0 radical (unpaired) electrons. The van der Waals surface area contributed by atoms with Crippen molar-refractivity contribution in [3.63, 3.8) is 0 Å². The Bertz CT molecular complexity index is 941. The average molecular weight is 464 g/mol. The summed E-state index contributed by atoms with van der Waals surface area (Å²) in [4.78, 5) is 26.5. The highest BCUT2D eigenvalue weighted by atomic mass is 16.2. The Labute approximate surface area is 202 Å². The molecule has 2 aromatic carbocycles. The molecule has 182 valence electrons. The van der Waals surface area contributed by atoms with Gasteiger partial charge in [0.2, 0.25) is 5.91 Å². The summed E-state index contributed by atoms with van der Waals surface area (Å²) in [5.41, 5.74) is 2.44. The number of carbonyl (C=O) groups excluding carboxylic acids is 2. The lowest BCUT2D eigenvalue weighted by atomic mass is 9.80. The van der Waals surface area contributed by atoms with Crippen molar-refractivity contribution < 1.29 is 9.59 Å². The third-order valence-corrected chi connectivity index (χ3v) is 6.30. The van der Waals surface area contributed by atoms with Gasteiger partial charge in [0.05, 0.1) is 18.5 Å². The fraction of sp³-hybridized carbons (Fsp3) is 0.444. The molecular formula is C27H37N5O2. The molecule has 1 atom stereocenters. The highest BCUT2D eigenvalue weighted by molar-refractivity contribution is 5.99. The summed E-state index contributed by atoms with van der Waals surface area (Å²) in [5, 5.41) is 17.7. The molecule has 34 heavy (non-hydrogen) atoms. The second-order valence-electron chi connectivity index (χ2n) is 8.96. The molecular weight excluding hydrogens is 426 g/mol. The minimum absolute atomic E-state index is 0.0433. The van der Waals surface area contributed by atoms with Gasteiger partial charge in [-0.15, -0.1) is 0 Å². The number of guanidine groups is 1. The van der Waals surface area contributed by atoms with E-state index in [2.05, 4.69) is 29.8 Å². The van der Waals surface area contributed by atoms with Crippen molar-refractivity contribution in [3.05, 3.63) is 71.3 Å². The van der Waals surface area contributed by atoms with Crippen LogP contribution in [0.15, 0.2) is 54.6 Å². The molecule has 1 saturated heterocycles. The molecule has 1 unspecified atom stereocenters. The minimum Gasteiger partial charge on any atom is -0.346 e. The van der Waals surface area contributed by atoms with E-state index in [9.17, 15) is 9.59 Å². The number of hydrogen-bond donors (Lipinski definition) is 4. The Hall–Kier alpha value is -3.35. The van der Waals surface area contributed by atoms with Crippen LogP contribution in [0.2, 0.25) is 0 Å². The van der Waals surface area contributed by atoms with Crippen molar-refractivity contribution >= 4 is 17.9 Å². The van der Waals surface area contributed by atoms with Gasteiger partial charge in [0.25, 0.3) is 0 Å². The van der Waals surface area contributed by atoms with Crippen molar-refractivity contribution in [2.75, 3.05) is 6.54 Å². The van der Waals surface area contributed by atoms with Crippen LogP contribution in [0.5, 0.6) is 0 Å². The summed E-state index contributed by atoms with van der Waals surface area (Å²) in [6.45, 7) is 5.68. The van der Waals surface area contributed by atoms with E-state index in [0.29, 0.717) is 26.1 Å². The Balaban J connectivity index is 1.61. The third kappa shape index (κ3) is 6.59. The maximum absolute atomic E-state index is 13.2. The summed E-state index contributed by atoms with van der Waals surface area (Å²) in [5.74, 6) is 0.101. The monoisotopic (exact) mass is 463 g/mol. The van der Waals surface area contributed by atoms with E-state index < -0.39 is 5.54 Å². The third-order valence-electron chi connectivity index (χ3n) is 6.30. The van der Waals surface area contributed by atoms with Gasteiger partial charge < -0.3 is 16.0 Å². The number of rotatable bonds is 11. The van der Waals surface area contributed by atoms with Gasteiger partial charge in [-0.25, -0.2) is 4.79 Å². The van der Waals surface area contributed by atoms with Crippen LogP contribution in [-0.4, -0.2) is 29.3 Å². The molecule has 2 aromatic rings. The Morgan fingerprint density at radius 1 is 1.00 bits per heavy atom. The van der Waals surface area contributed by atoms with Gasteiger partial charge in [-0.2, -0.15) is 0 Å². The summed E-state index contributed by atoms with van der Waals surface area (Å²) in [7, 11) is 0. The number of unbranched alkanes of at least 4 members (excludes halogenated alkanes) is 2. The second kappa shape index (κ2) is 12.2. The van der Waals surface area contributed by atoms with Crippen LogP contribution in [0.3, 0.4) is 0 Å². The molecule has 4 N–H and O–H groups in total. The van der Waals surface area contributed by atoms with Crippen molar-refractivity contribution in [2.24, 2.45) is 0 Å². The zero-order valence-electron chi connectivity index (χ0n) is 20.3. The first kappa shape index (κ1) is 25.3. The smallest absolute Gasteiger partial charge is 0.315 e. The zero-order valence-corrected chi connectivity index (χ0v) is 20.3. The number of urea groups is 1. The van der Waals surface area contributed by atoms with E-state index in [4.69, 9.17) is 5.41 Å². The lowest BCUT2D eigenvalue weighted by molar-refractivity contribution is -0.131. The van der Waals surface area contributed by atoms with Crippen LogP contribution in [0, 0.1) is 5.41 Å². The molecule has 0 spiro atoms. The van der Waals surface area contributed by atoms with E-state index in [1.807, 2.05) is 54.6 Å². The lowest BCUT2D eigenvalue weighted by Gasteiger charge is -2.43. The summed E-state index contributed by atoms with van der Waals surface area (Å²) < 4.78 is 0. The van der Waals surface area contributed by atoms with Crippen LogP contribution in [0.1, 0.15) is 69.1 Å². The fourth-order valence-corrected chi connectivity index (χ4v) is 4.26. The fourth-order valence-electron chi connectivity index (χ4n) is 4.26. The average Bonchev–Trinajstić information content (AvgIpc) is 2.85. The Morgan fingerprint density at radius 3 is 2.32 bits per heavy atom. The van der Waals surface area contributed by atoms with E-state index in [1.54, 1.807) is 0 Å². The number of hydrogen-bond acceptors (Lipinski definition) is 3. The van der Waals surface area contributed by atoms with Gasteiger partial charge in [-0.3, -0.25) is 15.1 Å². The molecule has 0 saturated carbocycles. The second-order valence-corrected chi connectivity index (χ2v) is 8.96. The van der Waals surface area contributed by atoms with E-state index in [-0.39, 0.29) is 17.9 Å². The van der Waals surface area contributed by atoms with E-state index in [0.717, 1.165) is 48.8 Å². The molecule has 1 fully saturated rings. The van der Waals surface area contributed by atoms with Gasteiger partial charge in [-0.1, -0.05) is 87.7 Å². The number of nitrogens with zero attached hydrogens (tertiary/aromatic N) is 1. The number of benzene rings is 2. The van der Waals surface area contributed by atoms with Gasteiger partial charge >= 0.3 is 6.03 Å². The van der Waals surface area contributed by atoms with Crippen LogP contribution >= 0.6 is 0 Å². The normalized spacial score (nSPS) is 17.9.